The van der Waals surface area contributed by atoms with Crippen molar-refractivity contribution < 1.29 is 4.39 Å². The molecule has 0 N–H and O–H groups in total. The first-order valence-corrected chi connectivity index (χ1v) is 5.90. The molecule has 0 radical (unpaired) electrons. The van der Waals surface area contributed by atoms with Crippen molar-refractivity contribution in [3.05, 3.63) is 36.5 Å². The molecule has 0 saturated heterocycles. The Morgan fingerprint density at radius 2 is 2.00 bits per heavy atom. The fraction of sp³-hybridized carbons (Fsp3) is 0.385. The average Bonchev–Trinajstić information content (AvgIpc) is 2.77. The number of nitrogens with zero attached hydrogens (tertiary/aromatic N) is 3. The number of alkyl halides is 1. The lowest BCUT2D eigenvalue weighted by Crippen LogP contribution is -2.36. The lowest BCUT2D eigenvalue weighted by atomic mass is 9.82. The lowest BCUT2D eigenvalue weighted by molar-refractivity contribution is 0.0399. The van der Waals surface area contributed by atoms with Crippen molar-refractivity contribution in [3.63, 3.8) is 0 Å². The number of benzene rings is 1. The zero-order chi connectivity index (χ0) is 11.7. The summed E-state index contributed by atoms with van der Waals surface area (Å²) < 4.78 is 15.5. The Morgan fingerprint density at radius 1 is 1.24 bits per heavy atom. The third-order valence-electron chi connectivity index (χ3n) is 3.30. The van der Waals surface area contributed by atoms with Gasteiger partial charge in [-0.3, -0.25) is 0 Å². The number of hydrogen-bond donors (Lipinski definition) is 0. The summed E-state index contributed by atoms with van der Waals surface area (Å²) in [6.07, 6.45) is 4.09. The van der Waals surface area contributed by atoms with Gasteiger partial charge in [-0.15, -0.1) is 5.10 Å². The summed E-state index contributed by atoms with van der Waals surface area (Å²) in [7, 11) is 0. The second-order valence-corrected chi connectivity index (χ2v) is 4.67. The SMILES string of the molecule is FC1(Cn2cc(-c3ccccc3)nn2)CCC1. The standard InChI is InChI=1S/C13H14FN3/c14-13(7-4-8-13)10-17-9-12(15-16-17)11-5-2-1-3-6-11/h1-3,5-6,9H,4,7-8,10H2. The molecular weight excluding hydrogens is 217 g/mol. The summed E-state index contributed by atoms with van der Waals surface area (Å²) in [5, 5.41) is 8.06. The van der Waals surface area contributed by atoms with Crippen molar-refractivity contribution in [1.82, 2.24) is 15.0 Å². The second kappa shape index (κ2) is 3.95. The molecule has 1 fully saturated rings. The minimum Gasteiger partial charge on any atom is -0.249 e. The van der Waals surface area contributed by atoms with Gasteiger partial charge >= 0.3 is 0 Å². The van der Waals surface area contributed by atoms with Gasteiger partial charge in [0, 0.05) is 5.56 Å². The van der Waals surface area contributed by atoms with Gasteiger partial charge in [-0.1, -0.05) is 35.5 Å². The first kappa shape index (κ1) is 10.4. The van der Waals surface area contributed by atoms with Crippen LogP contribution in [0.4, 0.5) is 4.39 Å². The van der Waals surface area contributed by atoms with E-state index >= 15 is 0 Å². The molecule has 0 unspecified atom stereocenters. The zero-order valence-electron chi connectivity index (χ0n) is 9.51. The number of hydrogen-bond acceptors (Lipinski definition) is 2. The molecule has 1 aromatic carbocycles. The molecule has 1 aromatic heterocycles. The summed E-state index contributed by atoms with van der Waals surface area (Å²) in [5.74, 6) is 0. The van der Waals surface area contributed by atoms with Crippen molar-refractivity contribution >= 4 is 0 Å². The minimum atomic E-state index is -1.05. The van der Waals surface area contributed by atoms with Crippen molar-refractivity contribution in [2.24, 2.45) is 0 Å². The predicted octanol–water partition coefficient (Wildman–Crippen LogP) is 2.84. The van der Waals surface area contributed by atoms with E-state index in [-0.39, 0.29) is 0 Å². The van der Waals surface area contributed by atoms with Crippen molar-refractivity contribution in [1.29, 1.82) is 0 Å². The van der Waals surface area contributed by atoms with Gasteiger partial charge < -0.3 is 0 Å². The minimum absolute atomic E-state index is 0.326. The van der Waals surface area contributed by atoms with Crippen LogP contribution in [0.2, 0.25) is 0 Å². The molecule has 1 saturated carbocycles. The lowest BCUT2D eigenvalue weighted by Gasteiger charge is -2.33. The summed E-state index contributed by atoms with van der Waals surface area (Å²) in [4.78, 5) is 0. The fourth-order valence-corrected chi connectivity index (χ4v) is 2.13. The molecule has 1 heterocycles. The van der Waals surface area contributed by atoms with E-state index in [1.54, 1.807) is 4.68 Å². The Labute approximate surface area is 99.3 Å². The quantitative estimate of drug-likeness (QED) is 0.813. The monoisotopic (exact) mass is 231 g/mol. The fourth-order valence-electron chi connectivity index (χ4n) is 2.13. The van der Waals surface area contributed by atoms with E-state index in [2.05, 4.69) is 10.3 Å². The van der Waals surface area contributed by atoms with Crippen LogP contribution in [0.1, 0.15) is 19.3 Å². The van der Waals surface area contributed by atoms with Crippen molar-refractivity contribution in [2.45, 2.75) is 31.5 Å². The third-order valence-corrected chi connectivity index (χ3v) is 3.30. The highest BCUT2D eigenvalue weighted by molar-refractivity contribution is 5.57. The summed E-state index contributed by atoms with van der Waals surface area (Å²) in [6, 6.07) is 9.82. The van der Waals surface area contributed by atoms with Crippen LogP contribution in [0.25, 0.3) is 11.3 Å². The van der Waals surface area contributed by atoms with Gasteiger partial charge in [0.1, 0.15) is 11.4 Å². The molecule has 0 amide bonds. The topological polar surface area (TPSA) is 30.7 Å². The van der Waals surface area contributed by atoms with E-state index in [1.165, 1.54) is 0 Å². The van der Waals surface area contributed by atoms with Crippen LogP contribution < -0.4 is 0 Å². The van der Waals surface area contributed by atoms with Crippen LogP contribution >= 0.6 is 0 Å². The van der Waals surface area contributed by atoms with Gasteiger partial charge in [0.05, 0.1) is 12.7 Å². The largest absolute Gasteiger partial charge is 0.249 e. The van der Waals surface area contributed by atoms with Gasteiger partial charge in [0.15, 0.2) is 0 Å². The van der Waals surface area contributed by atoms with E-state index in [0.29, 0.717) is 19.4 Å². The summed E-state index contributed by atoms with van der Waals surface area (Å²) in [6.45, 7) is 0.326. The van der Waals surface area contributed by atoms with Crippen LogP contribution in [-0.4, -0.2) is 20.7 Å². The van der Waals surface area contributed by atoms with Gasteiger partial charge in [-0.2, -0.15) is 0 Å². The molecule has 17 heavy (non-hydrogen) atoms. The molecule has 0 spiro atoms. The van der Waals surface area contributed by atoms with Crippen LogP contribution in [0, 0.1) is 0 Å². The highest BCUT2D eigenvalue weighted by atomic mass is 19.1. The number of aromatic nitrogens is 3. The van der Waals surface area contributed by atoms with Crippen LogP contribution in [-0.2, 0) is 6.54 Å². The van der Waals surface area contributed by atoms with Crippen LogP contribution in [0.3, 0.4) is 0 Å². The highest BCUT2D eigenvalue weighted by Gasteiger charge is 2.37. The second-order valence-electron chi connectivity index (χ2n) is 4.67. The van der Waals surface area contributed by atoms with E-state index in [1.807, 2.05) is 36.5 Å². The molecular formula is C13H14FN3. The van der Waals surface area contributed by atoms with E-state index in [0.717, 1.165) is 17.7 Å². The van der Waals surface area contributed by atoms with E-state index < -0.39 is 5.67 Å². The Bertz CT molecular complexity index is 502. The molecule has 1 aliphatic carbocycles. The molecule has 4 heteroatoms. The van der Waals surface area contributed by atoms with Gasteiger partial charge in [-0.05, 0) is 19.3 Å². The van der Waals surface area contributed by atoms with Crippen molar-refractivity contribution in [3.8, 4) is 11.3 Å². The van der Waals surface area contributed by atoms with Crippen molar-refractivity contribution in [2.75, 3.05) is 0 Å². The normalized spacial score (nSPS) is 17.7. The predicted molar refractivity (Wildman–Crippen MR) is 63.1 cm³/mol. The van der Waals surface area contributed by atoms with Gasteiger partial charge in [-0.25, -0.2) is 9.07 Å². The molecule has 2 aromatic rings. The van der Waals surface area contributed by atoms with Gasteiger partial charge in [0.2, 0.25) is 0 Å². The molecule has 0 aliphatic heterocycles. The number of halogens is 1. The first-order chi connectivity index (χ1) is 8.25. The Balaban J connectivity index is 1.79. The van der Waals surface area contributed by atoms with Gasteiger partial charge in [0.25, 0.3) is 0 Å². The molecule has 3 rings (SSSR count). The highest BCUT2D eigenvalue weighted by Crippen LogP contribution is 2.37. The summed E-state index contributed by atoms with van der Waals surface area (Å²) in [5.41, 5.74) is 0.760. The smallest absolute Gasteiger partial charge is 0.130 e. The Hall–Kier alpha value is -1.71. The maximum atomic E-state index is 13.9. The molecule has 0 atom stereocenters. The van der Waals surface area contributed by atoms with Crippen LogP contribution in [0.5, 0.6) is 0 Å². The van der Waals surface area contributed by atoms with Crippen LogP contribution in [0.15, 0.2) is 36.5 Å². The summed E-state index contributed by atoms with van der Waals surface area (Å²) >= 11 is 0. The van der Waals surface area contributed by atoms with E-state index in [9.17, 15) is 4.39 Å². The molecule has 88 valence electrons. The molecule has 1 aliphatic rings. The Morgan fingerprint density at radius 3 is 2.65 bits per heavy atom. The zero-order valence-corrected chi connectivity index (χ0v) is 9.51. The maximum absolute atomic E-state index is 13.9. The molecule has 0 bridgehead atoms. The third kappa shape index (κ3) is 2.07. The average molecular weight is 231 g/mol. The first-order valence-electron chi connectivity index (χ1n) is 5.90. The maximum Gasteiger partial charge on any atom is 0.130 e. The Kier molecular flexibility index (Phi) is 2.42. The number of rotatable bonds is 3. The van der Waals surface area contributed by atoms with E-state index in [4.69, 9.17) is 0 Å². The molecule has 3 nitrogen and oxygen atoms in total.